The number of aromatic nitrogens is 1. The number of hydrogen-bond donors (Lipinski definition) is 2. The predicted molar refractivity (Wildman–Crippen MR) is 104 cm³/mol. The summed E-state index contributed by atoms with van der Waals surface area (Å²) in [5.41, 5.74) is 5.81. The Morgan fingerprint density at radius 2 is 1.96 bits per heavy atom. The average molecular weight is 367 g/mol. The molecular formula is C21H25N3O3. The van der Waals surface area contributed by atoms with E-state index in [0.29, 0.717) is 11.5 Å². The van der Waals surface area contributed by atoms with E-state index in [4.69, 9.17) is 9.73 Å². The van der Waals surface area contributed by atoms with Crippen molar-refractivity contribution in [1.29, 1.82) is 0 Å². The quantitative estimate of drug-likeness (QED) is 0.476. The molecule has 1 aliphatic carbocycles. The summed E-state index contributed by atoms with van der Waals surface area (Å²) in [6, 6.07) is 2.11. The van der Waals surface area contributed by atoms with E-state index in [2.05, 4.69) is 21.7 Å². The van der Waals surface area contributed by atoms with E-state index in [0.717, 1.165) is 41.6 Å². The Labute approximate surface area is 158 Å². The van der Waals surface area contributed by atoms with Crippen molar-refractivity contribution >= 4 is 17.7 Å². The highest BCUT2D eigenvalue weighted by atomic mass is 16.5. The number of fused-ring (bicyclic) bond motifs is 3. The molecule has 6 heteroatoms. The van der Waals surface area contributed by atoms with Crippen molar-refractivity contribution in [3.05, 3.63) is 34.2 Å². The van der Waals surface area contributed by atoms with Crippen LogP contribution in [0.15, 0.2) is 15.7 Å². The van der Waals surface area contributed by atoms with Crippen LogP contribution >= 0.6 is 0 Å². The third-order valence-electron chi connectivity index (χ3n) is 5.99. The van der Waals surface area contributed by atoms with E-state index in [9.17, 15) is 4.79 Å². The lowest BCUT2D eigenvalue weighted by Crippen LogP contribution is -2.53. The molecule has 2 heterocycles. The maximum atomic E-state index is 13.1. The highest BCUT2D eigenvalue weighted by molar-refractivity contribution is 6.04. The van der Waals surface area contributed by atoms with Gasteiger partial charge in [0, 0.05) is 5.69 Å². The van der Waals surface area contributed by atoms with Crippen LogP contribution in [0.25, 0.3) is 11.1 Å². The first-order valence-electron chi connectivity index (χ1n) is 9.35. The number of rotatable bonds is 2. The molecule has 1 aromatic heterocycles. The second kappa shape index (κ2) is 5.68. The molecule has 0 radical (unpaired) electrons. The summed E-state index contributed by atoms with van der Waals surface area (Å²) in [4.78, 5) is 13.1. The first-order valence-corrected chi connectivity index (χ1v) is 9.35. The summed E-state index contributed by atoms with van der Waals surface area (Å²) < 4.78 is 5.38. The smallest absolute Gasteiger partial charge is 0.167 e. The number of nitrogens with one attached hydrogen (secondary N) is 1. The summed E-state index contributed by atoms with van der Waals surface area (Å²) >= 11 is 0. The zero-order valence-electron chi connectivity index (χ0n) is 16.4. The first-order chi connectivity index (χ1) is 12.7. The van der Waals surface area contributed by atoms with Gasteiger partial charge in [-0.15, -0.1) is 0 Å². The Balaban J connectivity index is 2.04. The molecule has 0 spiro atoms. The lowest BCUT2D eigenvalue weighted by molar-refractivity contribution is -0.127. The van der Waals surface area contributed by atoms with E-state index in [1.54, 1.807) is 0 Å². The number of Topliss-reactive ketones (excluding diaryl/α,β-unsaturated/α-hetero) is 1. The van der Waals surface area contributed by atoms with Gasteiger partial charge in [-0.05, 0) is 82.2 Å². The molecule has 0 saturated carbocycles. The molecule has 27 heavy (non-hydrogen) atoms. The zero-order chi connectivity index (χ0) is 19.6. The van der Waals surface area contributed by atoms with Gasteiger partial charge in [0.25, 0.3) is 0 Å². The van der Waals surface area contributed by atoms with Crippen LogP contribution in [-0.4, -0.2) is 27.9 Å². The third-order valence-corrected chi connectivity index (χ3v) is 5.99. The second-order valence-electron chi connectivity index (χ2n) is 8.61. The van der Waals surface area contributed by atoms with E-state index in [-0.39, 0.29) is 5.78 Å². The number of ketones is 1. The molecule has 0 unspecified atom stereocenters. The molecular weight excluding hydrogens is 342 g/mol. The SMILES string of the molecule is Cc1onc(/C=N/O)c1-c1cc2c(c3c1CCC3)NC(C)(C)C(=O)C2(C)C. The van der Waals surface area contributed by atoms with Gasteiger partial charge in [0.05, 0.1) is 22.7 Å². The van der Waals surface area contributed by atoms with Gasteiger partial charge in [-0.3, -0.25) is 4.79 Å². The van der Waals surface area contributed by atoms with E-state index in [1.165, 1.54) is 17.3 Å². The van der Waals surface area contributed by atoms with Crippen LogP contribution in [0, 0.1) is 6.92 Å². The van der Waals surface area contributed by atoms with Gasteiger partial charge < -0.3 is 15.0 Å². The van der Waals surface area contributed by atoms with Crippen LogP contribution < -0.4 is 5.32 Å². The normalized spacial score (nSPS) is 19.8. The van der Waals surface area contributed by atoms with Crippen LogP contribution in [0.1, 0.15) is 62.3 Å². The molecule has 4 rings (SSSR count). The summed E-state index contributed by atoms with van der Waals surface area (Å²) in [5.74, 6) is 0.845. The largest absolute Gasteiger partial charge is 0.411 e. The lowest BCUT2D eigenvalue weighted by Gasteiger charge is -2.43. The minimum Gasteiger partial charge on any atom is -0.411 e. The molecule has 0 atom stereocenters. The monoisotopic (exact) mass is 367 g/mol. The molecule has 1 aliphatic heterocycles. The number of carbonyl (C=O) groups is 1. The standard InChI is InChI=1S/C21H25N3O3/c1-11-17(16(10-22-26)24-27-11)14-9-15-18(13-8-6-7-12(13)14)23-21(4,5)19(25)20(15,2)3/h9-10,23,26H,6-8H2,1-5H3/b22-10+. The van der Waals surface area contributed by atoms with Crippen molar-refractivity contribution < 1.29 is 14.5 Å². The Kier molecular flexibility index (Phi) is 3.74. The summed E-state index contributed by atoms with van der Waals surface area (Å²) in [6.07, 6.45) is 4.31. The van der Waals surface area contributed by atoms with Crippen molar-refractivity contribution in [3.8, 4) is 11.1 Å². The Hall–Kier alpha value is -2.63. The molecule has 142 valence electrons. The molecule has 2 aliphatic rings. The van der Waals surface area contributed by atoms with Gasteiger partial charge in [0.15, 0.2) is 5.78 Å². The minimum absolute atomic E-state index is 0.172. The molecule has 0 amide bonds. The summed E-state index contributed by atoms with van der Waals surface area (Å²) in [5, 5.41) is 19.7. The van der Waals surface area contributed by atoms with E-state index in [1.807, 2.05) is 34.6 Å². The van der Waals surface area contributed by atoms with Crippen molar-refractivity contribution in [1.82, 2.24) is 5.16 Å². The maximum absolute atomic E-state index is 13.1. The second-order valence-corrected chi connectivity index (χ2v) is 8.61. The number of aryl methyl sites for hydroxylation is 1. The Morgan fingerprint density at radius 1 is 1.26 bits per heavy atom. The molecule has 2 aromatic rings. The van der Waals surface area contributed by atoms with Crippen molar-refractivity contribution in [2.24, 2.45) is 5.16 Å². The van der Waals surface area contributed by atoms with E-state index >= 15 is 0 Å². The highest BCUT2D eigenvalue weighted by Gasteiger charge is 2.47. The number of benzene rings is 1. The van der Waals surface area contributed by atoms with Crippen molar-refractivity contribution in [2.45, 2.75) is 64.8 Å². The predicted octanol–water partition coefficient (Wildman–Crippen LogP) is 4.00. The van der Waals surface area contributed by atoms with Crippen molar-refractivity contribution in [3.63, 3.8) is 0 Å². The van der Waals surface area contributed by atoms with E-state index < -0.39 is 11.0 Å². The van der Waals surface area contributed by atoms with Crippen molar-refractivity contribution in [2.75, 3.05) is 5.32 Å². The third kappa shape index (κ3) is 2.42. The number of anilines is 1. The molecule has 1 aromatic carbocycles. The Morgan fingerprint density at radius 3 is 2.67 bits per heavy atom. The fourth-order valence-corrected chi connectivity index (χ4v) is 4.77. The number of hydrogen-bond acceptors (Lipinski definition) is 6. The molecule has 0 bridgehead atoms. The van der Waals surface area contributed by atoms with Gasteiger partial charge in [0.2, 0.25) is 0 Å². The highest BCUT2D eigenvalue weighted by Crippen LogP contribution is 2.48. The van der Waals surface area contributed by atoms with Gasteiger partial charge in [0.1, 0.15) is 11.5 Å². The molecule has 2 N–H and O–H groups in total. The van der Waals surface area contributed by atoms with Crippen LogP contribution in [0.4, 0.5) is 5.69 Å². The van der Waals surface area contributed by atoms with Crippen LogP contribution in [0.5, 0.6) is 0 Å². The van der Waals surface area contributed by atoms with Gasteiger partial charge >= 0.3 is 0 Å². The van der Waals surface area contributed by atoms with Crippen LogP contribution in [0.3, 0.4) is 0 Å². The van der Waals surface area contributed by atoms with Crippen LogP contribution in [0.2, 0.25) is 0 Å². The van der Waals surface area contributed by atoms with Crippen LogP contribution in [-0.2, 0) is 23.1 Å². The summed E-state index contributed by atoms with van der Waals surface area (Å²) in [6.45, 7) is 9.76. The van der Waals surface area contributed by atoms with Gasteiger partial charge in [-0.1, -0.05) is 10.3 Å². The average Bonchev–Trinajstić information content (AvgIpc) is 3.21. The minimum atomic E-state index is -0.604. The number of oxime groups is 1. The summed E-state index contributed by atoms with van der Waals surface area (Å²) in [7, 11) is 0. The van der Waals surface area contributed by atoms with Gasteiger partial charge in [-0.2, -0.15) is 0 Å². The molecule has 0 saturated heterocycles. The fourth-order valence-electron chi connectivity index (χ4n) is 4.77. The number of carbonyl (C=O) groups excluding carboxylic acids is 1. The topological polar surface area (TPSA) is 87.7 Å². The lowest BCUT2D eigenvalue weighted by atomic mass is 9.68. The number of nitrogens with zero attached hydrogens (tertiary/aromatic N) is 2. The zero-order valence-corrected chi connectivity index (χ0v) is 16.4. The van der Waals surface area contributed by atoms with Gasteiger partial charge in [-0.25, -0.2) is 0 Å². The first kappa shape index (κ1) is 17.8. The molecule has 6 nitrogen and oxygen atoms in total. The Bertz CT molecular complexity index is 983. The molecule has 0 fully saturated rings. The maximum Gasteiger partial charge on any atom is 0.167 e. The fraction of sp³-hybridized carbons (Fsp3) is 0.476.